The summed E-state index contributed by atoms with van der Waals surface area (Å²) in [5.74, 6) is 1.96. The van der Waals surface area contributed by atoms with Crippen LogP contribution in [0.4, 0.5) is 0 Å². The molecule has 3 aromatic heterocycles. The minimum Gasteiger partial charge on any atom is -0.246 e. The maximum Gasteiger partial charge on any atom is 0.164 e. The van der Waals surface area contributed by atoms with Crippen LogP contribution in [0, 0.1) is 0 Å². The lowest BCUT2D eigenvalue weighted by molar-refractivity contribution is 1.07. The third-order valence-electron chi connectivity index (χ3n) is 7.33. The second-order valence-corrected chi connectivity index (χ2v) is 10.9. The SMILES string of the molecule is c1ccc(-c2nc(-c3ccccc3)nc(-c3ccc(-c4c5ccccc5nc5c4sc4ccccc45)cc3)n2)cc1. The standard InChI is InChI=1S/C36H22N4S/c1-3-11-24(12-4-1)34-38-35(25-13-5-2-6-14-25)40-36(39-34)26-21-19-23(20-22-26)31-27-15-7-9-17-29(27)37-32-28-16-8-10-18-30(28)41-33(31)32/h1-22H. The summed E-state index contributed by atoms with van der Waals surface area (Å²) in [7, 11) is 0. The molecule has 41 heavy (non-hydrogen) atoms. The van der Waals surface area contributed by atoms with Crippen LogP contribution in [-0.4, -0.2) is 19.9 Å². The van der Waals surface area contributed by atoms with E-state index in [1.807, 2.05) is 60.7 Å². The Morgan fingerprint density at radius 2 is 0.878 bits per heavy atom. The zero-order valence-corrected chi connectivity index (χ0v) is 22.7. The number of hydrogen-bond donors (Lipinski definition) is 0. The van der Waals surface area contributed by atoms with Gasteiger partial charge in [0.25, 0.3) is 0 Å². The second kappa shape index (κ2) is 9.73. The lowest BCUT2D eigenvalue weighted by Gasteiger charge is -2.11. The second-order valence-electron chi connectivity index (χ2n) is 9.90. The van der Waals surface area contributed by atoms with Crippen LogP contribution in [0.3, 0.4) is 0 Å². The maximum atomic E-state index is 5.08. The third kappa shape index (κ3) is 4.15. The molecule has 0 N–H and O–H groups in total. The van der Waals surface area contributed by atoms with Gasteiger partial charge < -0.3 is 0 Å². The quantitative estimate of drug-likeness (QED) is 0.222. The van der Waals surface area contributed by atoms with E-state index >= 15 is 0 Å². The Kier molecular flexibility index (Phi) is 5.61. The smallest absolute Gasteiger partial charge is 0.164 e. The topological polar surface area (TPSA) is 51.6 Å². The van der Waals surface area contributed by atoms with Crippen LogP contribution in [0.5, 0.6) is 0 Å². The fraction of sp³-hybridized carbons (Fsp3) is 0. The van der Waals surface area contributed by atoms with Gasteiger partial charge in [0.15, 0.2) is 17.5 Å². The van der Waals surface area contributed by atoms with E-state index in [-0.39, 0.29) is 0 Å². The molecule has 0 atom stereocenters. The van der Waals surface area contributed by atoms with E-state index in [0.29, 0.717) is 17.5 Å². The van der Waals surface area contributed by atoms with Gasteiger partial charge in [-0.05, 0) is 17.7 Å². The van der Waals surface area contributed by atoms with Crippen molar-refractivity contribution in [3.8, 4) is 45.3 Å². The van der Waals surface area contributed by atoms with Gasteiger partial charge in [-0.25, -0.2) is 19.9 Å². The number of fused-ring (bicyclic) bond motifs is 4. The van der Waals surface area contributed by atoms with E-state index in [1.54, 1.807) is 11.3 Å². The van der Waals surface area contributed by atoms with Crippen LogP contribution < -0.4 is 0 Å². The van der Waals surface area contributed by atoms with Crippen molar-refractivity contribution in [3.63, 3.8) is 0 Å². The van der Waals surface area contributed by atoms with Gasteiger partial charge in [0.05, 0.1) is 15.7 Å². The molecule has 0 aliphatic rings. The van der Waals surface area contributed by atoms with Crippen molar-refractivity contribution in [1.82, 2.24) is 19.9 Å². The lowest BCUT2D eigenvalue weighted by Crippen LogP contribution is -2.00. The van der Waals surface area contributed by atoms with Gasteiger partial charge in [-0.1, -0.05) is 121 Å². The van der Waals surface area contributed by atoms with Crippen LogP contribution in [0.15, 0.2) is 133 Å². The van der Waals surface area contributed by atoms with Crippen LogP contribution in [0.2, 0.25) is 0 Å². The Labute approximate surface area is 240 Å². The first kappa shape index (κ1) is 23.6. The molecule has 0 aliphatic heterocycles. The van der Waals surface area contributed by atoms with Crippen LogP contribution in [0.1, 0.15) is 0 Å². The van der Waals surface area contributed by atoms with Gasteiger partial charge in [-0.15, -0.1) is 11.3 Å². The van der Waals surface area contributed by atoms with Crippen molar-refractivity contribution in [2.24, 2.45) is 0 Å². The fourth-order valence-corrected chi connectivity index (χ4v) is 6.57. The van der Waals surface area contributed by atoms with Crippen LogP contribution >= 0.6 is 11.3 Å². The summed E-state index contributed by atoms with van der Waals surface area (Å²) < 4.78 is 2.45. The molecule has 0 saturated heterocycles. The number of nitrogens with zero attached hydrogens (tertiary/aromatic N) is 4. The van der Waals surface area contributed by atoms with E-state index < -0.39 is 0 Å². The summed E-state index contributed by atoms with van der Waals surface area (Å²) in [4.78, 5) is 19.7. The Hall–Kier alpha value is -5.26. The van der Waals surface area contributed by atoms with E-state index in [4.69, 9.17) is 19.9 Å². The van der Waals surface area contributed by atoms with E-state index in [1.165, 1.54) is 20.3 Å². The first-order valence-electron chi connectivity index (χ1n) is 13.5. The molecule has 192 valence electrons. The summed E-state index contributed by atoms with van der Waals surface area (Å²) in [5.41, 5.74) is 7.27. The molecule has 0 saturated carbocycles. The minimum absolute atomic E-state index is 0.649. The molecule has 5 heteroatoms. The lowest BCUT2D eigenvalue weighted by atomic mass is 9.98. The van der Waals surface area contributed by atoms with Crippen LogP contribution in [0.25, 0.3) is 76.5 Å². The Bertz CT molecular complexity index is 2130. The van der Waals surface area contributed by atoms with Gasteiger partial charge >= 0.3 is 0 Å². The maximum absolute atomic E-state index is 5.08. The fourth-order valence-electron chi connectivity index (χ4n) is 5.35. The molecule has 8 rings (SSSR count). The molecular weight excluding hydrogens is 520 g/mol. The summed E-state index contributed by atoms with van der Waals surface area (Å²) in [5, 5.41) is 2.35. The predicted octanol–water partition coefficient (Wildman–Crippen LogP) is 9.46. The molecule has 3 heterocycles. The normalized spacial score (nSPS) is 11.4. The molecule has 0 amide bonds. The van der Waals surface area contributed by atoms with Gasteiger partial charge in [0.1, 0.15) is 0 Å². The summed E-state index contributed by atoms with van der Waals surface area (Å²) in [6, 6.07) is 45.6. The Balaban J connectivity index is 1.30. The predicted molar refractivity (Wildman–Crippen MR) is 170 cm³/mol. The largest absolute Gasteiger partial charge is 0.246 e. The van der Waals surface area contributed by atoms with E-state index in [9.17, 15) is 0 Å². The highest BCUT2D eigenvalue weighted by atomic mass is 32.1. The molecule has 0 fully saturated rings. The molecule has 0 unspecified atom stereocenters. The zero-order valence-electron chi connectivity index (χ0n) is 21.9. The van der Waals surface area contributed by atoms with E-state index in [0.717, 1.165) is 38.7 Å². The highest BCUT2D eigenvalue weighted by Gasteiger charge is 2.17. The molecule has 0 bridgehead atoms. The highest BCUT2D eigenvalue weighted by Crippen LogP contribution is 2.42. The average molecular weight is 543 g/mol. The van der Waals surface area contributed by atoms with Crippen LogP contribution in [-0.2, 0) is 0 Å². The molecule has 0 spiro atoms. The number of benzene rings is 5. The van der Waals surface area contributed by atoms with E-state index in [2.05, 4.69) is 72.8 Å². The zero-order chi connectivity index (χ0) is 27.2. The molecule has 4 nitrogen and oxygen atoms in total. The third-order valence-corrected chi connectivity index (χ3v) is 8.51. The van der Waals surface area contributed by atoms with Gasteiger partial charge in [-0.2, -0.15) is 0 Å². The highest BCUT2D eigenvalue weighted by molar-refractivity contribution is 7.26. The molecule has 8 aromatic rings. The number of thiophene rings is 1. The number of para-hydroxylation sites is 1. The van der Waals surface area contributed by atoms with Gasteiger partial charge in [-0.3, -0.25) is 0 Å². The Morgan fingerprint density at radius 3 is 1.51 bits per heavy atom. The van der Waals surface area contributed by atoms with Gasteiger partial charge in [0.2, 0.25) is 0 Å². The van der Waals surface area contributed by atoms with Crippen molar-refractivity contribution in [3.05, 3.63) is 133 Å². The number of hydrogen-bond acceptors (Lipinski definition) is 5. The molecule has 0 aliphatic carbocycles. The van der Waals surface area contributed by atoms with Gasteiger partial charge in [0, 0.05) is 37.7 Å². The van der Waals surface area contributed by atoms with Crippen molar-refractivity contribution < 1.29 is 0 Å². The minimum atomic E-state index is 0.649. The van der Waals surface area contributed by atoms with Crippen molar-refractivity contribution in [1.29, 1.82) is 0 Å². The average Bonchev–Trinajstić information content (AvgIpc) is 3.42. The van der Waals surface area contributed by atoms with Crippen molar-refractivity contribution >= 4 is 42.5 Å². The summed E-state index contributed by atoms with van der Waals surface area (Å²) in [6.45, 7) is 0. The number of rotatable bonds is 4. The molecule has 5 aromatic carbocycles. The van der Waals surface area contributed by atoms with Crippen molar-refractivity contribution in [2.45, 2.75) is 0 Å². The molecule has 0 radical (unpaired) electrons. The summed E-state index contributed by atoms with van der Waals surface area (Å²) >= 11 is 1.80. The molecular formula is C36H22N4S. The monoisotopic (exact) mass is 542 g/mol. The first-order valence-corrected chi connectivity index (χ1v) is 14.3. The summed E-state index contributed by atoms with van der Waals surface area (Å²) in [6.07, 6.45) is 0. The number of pyridine rings is 1. The first-order chi connectivity index (χ1) is 20.3. The Morgan fingerprint density at radius 1 is 0.390 bits per heavy atom. The number of aromatic nitrogens is 4. The van der Waals surface area contributed by atoms with Crippen molar-refractivity contribution in [2.75, 3.05) is 0 Å².